The summed E-state index contributed by atoms with van der Waals surface area (Å²) in [6.07, 6.45) is 5.36. The van der Waals surface area contributed by atoms with Crippen molar-refractivity contribution < 1.29 is 9.47 Å². The Morgan fingerprint density at radius 1 is 1.27 bits per heavy atom. The van der Waals surface area contributed by atoms with Crippen molar-refractivity contribution >= 4 is 0 Å². The third-order valence-electron chi connectivity index (χ3n) is 3.18. The minimum atomic E-state index is 0.351. The number of aryl methyl sites for hydroxylation is 1. The molecule has 1 aromatic carbocycles. The standard InChI is InChI=1S/C13H16O2/c1-2-6-12-10(4-1)5-3-7-13(12)15-9-11-8-14-11/h3,5,7,11H,1-2,4,6,8-9H2/t11-/m1/s1. The molecule has 0 N–H and O–H groups in total. The molecule has 0 bridgehead atoms. The van der Waals surface area contributed by atoms with Crippen LogP contribution in [0.25, 0.3) is 0 Å². The van der Waals surface area contributed by atoms with Crippen LogP contribution >= 0.6 is 0 Å². The van der Waals surface area contributed by atoms with Crippen molar-refractivity contribution in [3.05, 3.63) is 29.3 Å². The lowest BCUT2D eigenvalue weighted by atomic mass is 9.91. The minimum absolute atomic E-state index is 0.351. The highest BCUT2D eigenvalue weighted by atomic mass is 16.6. The topological polar surface area (TPSA) is 21.8 Å². The summed E-state index contributed by atoms with van der Waals surface area (Å²) >= 11 is 0. The largest absolute Gasteiger partial charge is 0.490 e. The minimum Gasteiger partial charge on any atom is -0.490 e. The first-order chi connectivity index (χ1) is 7.43. The van der Waals surface area contributed by atoms with Gasteiger partial charge in [-0.15, -0.1) is 0 Å². The lowest BCUT2D eigenvalue weighted by Crippen LogP contribution is -2.09. The fourth-order valence-corrected chi connectivity index (χ4v) is 2.23. The van der Waals surface area contributed by atoms with Crippen LogP contribution in [-0.4, -0.2) is 19.3 Å². The number of hydrogen-bond acceptors (Lipinski definition) is 2. The van der Waals surface area contributed by atoms with Gasteiger partial charge in [0.1, 0.15) is 18.5 Å². The first-order valence-electron chi connectivity index (χ1n) is 5.78. The molecule has 80 valence electrons. The van der Waals surface area contributed by atoms with E-state index in [9.17, 15) is 0 Å². The maximum Gasteiger partial charge on any atom is 0.122 e. The Bertz CT molecular complexity index is 356. The summed E-state index contributed by atoms with van der Waals surface area (Å²) in [6, 6.07) is 6.43. The number of fused-ring (bicyclic) bond motifs is 1. The van der Waals surface area contributed by atoms with Crippen molar-refractivity contribution in [1.82, 2.24) is 0 Å². The summed E-state index contributed by atoms with van der Waals surface area (Å²) in [5.41, 5.74) is 2.92. The third kappa shape index (κ3) is 2.00. The quantitative estimate of drug-likeness (QED) is 0.705. The maximum absolute atomic E-state index is 5.80. The first kappa shape index (κ1) is 9.22. The fraction of sp³-hybridized carbons (Fsp3) is 0.538. The van der Waals surface area contributed by atoms with Crippen LogP contribution in [0, 0.1) is 0 Å². The zero-order chi connectivity index (χ0) is 10.1. The highest BCUT2D eigenvalue weighted by Crippen LogP contribution is 2.29. The Morgan fingerprint density at radius 2 is 2.13 bits per heavy atom. The van der Waals surface area contributed by atoms with Gasteiger partial charge in [0.25, 0.3) is 0 Å². The fourth-order valence-electron chi connectivity index (χ4n) is 2.23. The zero-order valence-corrected chi connectivity index (χ0v) is 8.87. The van der Waals surface area contributed by atoms with Crippen molar-refractivity contribution in [2.45, 2.75) is 31.8 Å². The summed E-state index contributed by atoms with van der Waals surface area (Å²) in [7, 11) is 0. The van der Waals surface area contributed by atoms with E-state index in [0.29, 0.717) is 6.10 Å². The average molecular weight is 204 g/mol. The molecule has 2 aliphatic rings. The predicted molar refractivity (Wildman–Crippen MR) is 58.3 cm³/mol. The van der Waals surface area contributed by atoms with Crippen molar-refractivity contribution in [2.24, 2.45) is 0 Å². The number of hydrogen-bond donors (Lipinski definition) is 0. The molecule has 1 fully saturated rings. The molecule has 15 heavy (non-hydrogen) atoms. The van der Waals surface area contributed by atoms with Crippen molar-refractivity contribution in [1.29, 1.82) is 0 Å². The molecule has 0 radical (unpaired) electrons. The Labute approximate surface area is 90.2 Å². The molecule has 1 atom stereocenters. The van der Waals surface area contributed by atoms with E-state index < -0.39 is 0 Å². The molecule has 1 heterocycles. The monoisotopic (exact) mass is 204 g/mol. The van der Waals surface area contributed by atoms with E-state index in [0.717, 1.165) is 19.0 Å². The molecule has 1 aromatic rings. The van der Waals surface area contributed by atoms with Gasteiger partial charge in [-0.25, -0.2) is 0 Å². The smallest absolute Gasteiger partial charge is 0.122 e. The van der Waals surface area contributed by atoms with E-state index >= 15 is 0 Å². The zero-order valence-electron chi connectivity index (χ0n) is 8.87. The molecule has 3 rings (SSSR count). The molecule has 0 amide bonds. The molecule has 2 heteroatoms. The van der Waals surface area contributed by atoms with E-state index in [2.05, 4.69) is 18.2 Å². The molecule has 1 aliphatic heterocycles. The van der Waals surface area contributed by atoms with E-state index in [1.165, 1.54) is 36.8 Å². The second kappa shape index (κ2) is 3.86. The molecule has 2 nitrogen and oxygen atoms in total. The SMILES string of the molecule is c1cc2c(c(OC[C@H]3CO3)c1)CCCC2. The van der Waals surface area contributed by atoms with Gasteiger partial charge < -0.3 is 9.47 Å². The van der Waals surface area contributed by atoms with Crippen LogP contribution in [0.3, 0.4) is 0 Å². The summed E-state index contributed by atoms with van der Waals surface area (Å²) in [5.74, 6) is 1.09. The summed E-state index contributed by atoms with van der Waals surface area (Å²) in [6.45, 7) is 1.59. The number of ether oxygens (including phenoxy) is 2. The Hall–Kier alpha value is -1.02. The molecule has 0 aromatic heterocycles. The summed E-state index contributed by atoms with van der Waals surface area (Å²) < 4.78 is 11.0. The maximum atomic E-state index is 5.80. The van der Waals surface area contributed by atoms with Crippen LogP contribution in [0.2, 0.25) is 0 Å². The molecular weight excluding hydrogens is 188 g/mol. The van der Waals surface area contributed by atoms with Gasteiger partial charge in [-0.05, 0) is 42.9 Å². The van der Waals surface area contributed by atoms with E-state index in [-0.39, 0.29) is 0 Å². The highest BCUT2D eigenvalue weighted by molar-refractivity contribution is 5.41. The third-order valence-corrected chi connectivity index (χ3v) is 3.18. The van der Waals surface area contributed by atoms with Crippen molar-refractivity contribution in [2.75, 3.05) is 13.2 Å². The number of benzene rings is 1. The van der Waals surface area contributed by atoms with Crippen LogP contribution in [0.4, 0.5) is 0 Å². The van der Waals surface area contributed by atoms with E-state index in [1.54, 1.807) is 0 Å². The van der Waals surface area contributed by atoms with Crippen LogP contribution in [-0.2, 0) is 17.6 Å². The molecular formula is C13H16O2. The van der Waals surface area contributed by atoms with Gasteiger partial charge in [-0.2, -0.15) is 0 Å². The normalized spacial score (nSPS) is 23.3. The van der Waals surface area contributed by atoms with Gasteiger partial charge in [0.15, 0.2) is 0 Å². The number of rotatable bonds is 3. The Balaban J connectivity index is 1.79. The lowest BCUT2D eigenvalue weighted by molar-refractivity contribution is 0.260. The van der Waals surface area contributed by atoms with E-state index in [4.69, 9.17) is 9.47 Å². The summed E-state index contributed by atoms with van der Waals surface area (Å²) in [5, 5.41) is 0. The number of epoxide rings is 1. The van der Waals surface area contributed by atoms with Crippen molar-refractivity contribution in [3.8, 4) is 5.75 Å². The first-order valence-corrected chi connectivity index (χ1v) is 5.78. The van der Waals surface area contributed by atoms with Gasteiger partial charge in [-0.3, -0.25) is 0 Å². The van der Waals surface area contributed by atoms with Gasteiger partial charge >= 0.3 is 0 Å². The molecule has 0 unspecified atom stereocenters. The van der Waals surface area contributed by atoms with Crippen LogP contribution in [0.1, 0.15) is 24.0 Å². The summed E-state index contributed by atoms with van der Waals surface area (Å²) in [4.78, 5) is 0. The van der Waals surface area contributed by atoms with E-state index in [1.807, 2.05) is 0 Å². The predicted octanol–water partition coefficient (Wildman–Crippen LogP) is 2.34. The molecule has 1 aliphatic carbocycles. The lowest BCUT2D eigenvalue weighted by Gasteiger charge is -2.19. The second-order valence-electron chi connectivity index (χ2n) is 4.37. The molecule has 1 saturated heterocycles. The van der Waals surface area contributed by atoms with Gasteiger partial charge in [0.2, 0.25) is 0 Å². The Kier molecular flexibility index (Phi) is 2.37. The van der Waals surface area contributed by atoms with Gasteiger partial charge in [0, 0.05) is 0 Å². The molecule has 0 spiro atoms. The second-order valence-corrected chi connectivity index (χ2v) is 4.37. The van der Waals surface area contributed by atoms with Crippen molar-refractivity contribution in [3.63, 3.8) is 0 Å². The van der Waals surface area contributed by atoms with Crippen LogP contribution in [0.15, 0.2) is 18.2 Å². The molecule has 0 saturated carbocycles. The Morgan fingerprint density at radius 3 is 3.00 bits per heavy atom. The van der Waals surface area contributed by atoms with Gasteiger partial charge in [-0.1, -0.05) is 12.1 Å². The average Bonchev–Trinajstić information content (AvgIpc) is 3.10. The van der Waals surface area contributed by atoms with Crippen LogP contribution in [0.5, 0.6) is 5.75 Å². The van der Waals surface area contributed by atoms with Gasteiger partial charge in [0.05, 0.1) is 6.61 Å². The highest BCUT2D eigenvalue weighted by Gasteiger charge is 2.24. The van der Waals surface area contributed by atoms with Crippen LogP contribution < -0.4 is 4.74 Å².